The predicted molar refractivity (Wildman–Crippen MR) is 84.5 cm³/mol. The minimum atomic E-state index is 0.00968. The second-order valence-corrected chi connectivity index (χ2v) is 5.49. The summed E-state index contributed by atoms with van der Waals surface area (Å²) in [6, 6.07) is 7.10. The van der Waals surface area contributed by atoms with E-state index in [0.29, 0.717) is 19.6 Å². The molecule has 1 heterocycles. The third-order valence-electron chi connectivity index (χ3n) is 3.04. The third kappa shape index (κ3) is 4.27. The normalized spacial score (nSPS) is 10.6. The van der Waals surface area contributed by atoms with E-state index in [4.69, 9.17) is 0 Å². The number of thiazole rings is 1. The molecule has 2 rings (SSSR count). The van der Waals surface area contributed by atoms with Crippen LogP contribution in [0.4, 0.5) is 5.13 Å². The monoisotopic (exact) mass is 305 g/mol. The highest BCUT2D eigenvalue weighted by Gasteiger charge is 2.13. The van der Waals surface area contributed by atoms with Gasteiger partial charge in [0.2, 0.25) is 5.91 Å². The number of carbonyl (C=O) groups is 1. The molecule has 1 aromatic heterocycles. The summed E-state index contributed by atoms with van der Waals surface area (Å²) in [6.07, 6.45) is 0. The highest BCUT2D eigenvalue weighted by molar-refractivity contribution is 7.14. The highest BCUT2D eigenvalue weighted by atomic mass is 32.1. The zero-order chi connectivity index (χ0) is 15.2. The molecular weight excluding hydrogens is 286 g/mol. The smallest absolute Gasteiger partial charge is 0.225 e. The van der Waals surface area contributed by atoms with Gasteiger partial charge in [0.15, 0.2) is 5.13 Å². The Labute approximate surface area is 128 Å². The molecule has 2 aromatic rings. The van der Waals surface area contributed by atoms with Gasteiger partial charge in [0.05, 0.1) is 5.69 Å². The maximum atomic E-state index is 11.5. The second-order valence-electron chi connectivity index (χ2n) is 4.65. The van der Waals surface area contributed by atoms with Crippen molar-refractivity contribution in [2.45, 2.75) is 26.9 Å². The molecule has 2 N–H and O–H groups in total. The van der Waals surface area contributed by atoms with E-state index in [9.17, 15) is 9.90 Å². The molecule has 0 fully saturated rings. The number of carbonyl (C=O) groups excluding carboxylic acids is 1. The molecule has 21 heavy (non-hydrogen) atoms. The molecule has 0 aliphatic rings. The summed E-state index contributed by atoms with van der Waals surface area (Å²) in [7, 11) is 0. The minimum Gasteiger partial charge on any atom is -0.508 e. The Hall–Kier alpha value is -1.92. The number of phenols is 1. The Bertz CT molecular complexity index is 595. The summed E-state index contributed by atoms with van der Waals surface area (Å²) in [5, 5.41) is 15.2. The lowest BCUT2D eigenvalue weighted by atomic mass is 10.2. The molecule has 6 heteroatoms. The van der Waals surface area contributed by atoms with Crippen molar-refractivity contribution in [2.75, 3.05) is 11.4 Å². The van der Waals surface area contributed by atoms with Crippen LogP contribution in [-0.2, 0) is 17.9 Å². The van der Waals surface area contributed by atoms with Gasteiger partial charge in [-0.3, -0.25) is 9.69 Å². The summed E-state index contributed by atoms with van der Waals surface area (Å²) in [5.74, 6) is 0.280. The summed E-state index contributed by atoms with van der Waals surface area (Å²) in [5.41, 5.74) is 2.02. The molecule has 0 unspecified atom stereocenters. The minimum absolute atomic E-state index is 0.00968. The topological polar surface area (TPSA) is 65.5 Å². The molecule has 0 bridgehead atoms. The largest absolute Gasteiger partial charge is 0.508 e. The van der Waals surface area contributed by atoms with Crippen LogP contribution in [0.5, 0.6) is 5.75 Å². The number of anilines is 1. The number of aromatic nitrogens is 1. The van der Waals surface area contributed by atoms with Gasteiger partial charge >= 0.3 is 0 Å². The van der Waals surface area contributed by atoms with Crippen LogP contribution in [-0.4, -0.2) is 22.5 Å². The molecule has 0 saturated heterocycles. The van der Waals surface area contributed by atoms with Gasteiger partial charge < -0.3 is 10.4 Å². The zero-order valence-corrected chi connectivity index (χ0v) is 13.0. The van der Waals surface area contributed by atoms with Gasteiger partial charge in [-0.05, 0) is 24.6 Å². The fraction of sp³-hybridized carbons (Fsp3) is 0.333. The third-order valence-corrected chi connectivity index (χ3v) is 3.95. The Morgan fingerprint density at radius 1 is 1.33 bits per heavy atom. The number of rotatable bonds is 6. The molecule has 5 nitrogen and oxygen atoms in total. The Morgan fingerprint density at radius 2 is 2.05 bits per heavy atom. The van der Waals surface area contributed by atoms with Crippen LogP contribution < -0.4 is 10.2 Å². The first-order chi connectivity index (χ1) is 10.1. The number of aromatic hydroxyl groups is 1. The number of hydrogen-bond acceptors (Lipinski definition) is 5. The number of phenolic OH excluding ortho intramolecular Hbond substituents is 1. The van der Waals surface area contributed by atoms with E-state index in [0.717, 1.165) is 16.4 Å². The fourth-order valence-corrected chi connectivity index (χ4v) is 2.88. The lowest BCUT2D eigenvalue weighted by molar-refractivity contribution is -0.116. The van der Waals surface area contributed by atoms with Gasteiger partial charge in [-0.25, -0.2) is 4.98 Å². The van der Waals surface area contributed by atoms with Crippen LogP contribution in [0.15, 0.2) is 29.6 Å². The first-order valence-electron chi connectivity index (χ1n) is 6.81. The van der Waals surface area contributed by atoms with Crippen molar-refractivity contribution in [1.29, 1.82) is 0 Å². The molecule has 0 aliphatic carbocycles. The second kappa shape index (κ2) is 7.19. The van der Waals surface area contributed by atoms with Crippen molar-refractivity contribution < 1.29 is 9.90 Å². The Kier molecular flexibility index (Phi) is 5.30. The van der Waals surface area contributed by atoms with Gasteiger partial charge in [0.1, 0.15) is 5.75 Å². The van der Waals surface area contributed by atoms with Gasteiger partial charge in [-0.1, -0.05) is 12.1 Å². The molecule has 0 atom stereocenters. The molecule has 0 spiro atoms. The van der Waals surface area contributed by atoms with E-state index in [1.807, 2.05) is 24.4 Å². The number of nitrogens with zero attached hydrogens (tertiary/aromatic N) is 2. The van der Waals surface area contributed by atoms with Gasteiger partial charge in [-0.2, -0.15) is 0 Å². The van der Waals surface area contributed by atoms with Gasteiger partial charge in [0.25, 0.3) is 0 Å². The van der Waals surface area contributed by atoms with Crippen molar-refractivity contribution in [3.05, 3.63) is 40.9 Å². The zero-order valence-electron chi connectivity index (χ0n) is 12.2. The molecule has 1 aromatic carbocycles. The van der Waals surface area contributed by atoms with E-state index >= 15 is 0 Å². The van der Waals surface area contributed by atoms with Crippen molar-refractivity contribution in [2.24, 2.45) is 0 Å². The van der Waals surface area contributed by atoms with Crippen LogP contribution >= 0.6 is 11.3 Å². The van der Waals surface area contributed by atoms with E-state index < -0.39 is 0 Å². The van der Waals surface area contributed by atoms with Crippen LogP contribution in [0.1, 0.15) is 25.1 Å². The molecule has 1 amide bonds. The van der Waals surface area contributed by atoms with Crippen LogP contribution in [0.3, 0.4) is 0 Å². The summed E-state index contributed by atoms with van der Waals surface area (Å²) in [4.78, 5) is 17.6. The van der Waals surface area contributed by atoms with Crippen molar-refractivity contribution in [3.63, 3.8) is 0 Å². The van der Waals surface area contributed by atoms with Crippen LogP contribution in [0.2, 0.25) is 0 Å². The predicted octanol–water partition coefficient (Wildman–Crippen LogP) is 2.51. The average Bonchev–Trinajstić information content (AvgIpc) is 2.90. The van der Waals surface area contributed by atoms with Crippen molar-refractivity contribution >= 4 is 22.4 Å². The summed E-state index contributed by atoms with van der Waals surface area (Å²) >= 11 is 1.48. The lowest BCUT2D eigenvalue weighted by Gasteiger charge is -2.14. The molecule has 112 valence electrons. The summed E-state index contributed by atoms with van der Waals surface area (Å²) < 4.78 is 0. The molecule has 0 aliphatic heterocycles. The van der Waals surface area contributed by atoms with Crippen LogP contribution in [0, 0.1) is 0 Å². The maximum Gasteiger partial charge on any atom is 0.225 e. The number of nitrogens with one attached hydrogen (secondary N) is 1. The first kappa shape index (κ1) is 15.5. The lowest BCUT2D eigenvalue weighted by Crippen LogP contribution is -2.27. The highest BCUT2D eigenvalue weighted by Crippen LogP contribution is 2.20. The van der Waals surface area contributed by atoms with Crippen molar-refractivity contribution in [1.82, 2.24) is 10.3 Å². The number of benzene rings is 1. The fourth-order valence-electron chi connectivity index (χ4n) is 1.94. The average molecular weight is 305 g/mol. The van der Waals surface area contributed by atoms with E-state index in [-0.39, 0.29) is 11.7 Å². The number of hydrogen-bond donors (Lipinski definition) is 2. The molecule has 0 radical (unpaired) electrons. The Morgan fingerprint density at radius 3 is 2.67 bits per heavy atom. The first-order valence-corrected chi connectivity index (χ1v) is 7.69. The standard InChI is InChI=1S/C15H19N3O2S/c1-3-18(11(2)19)15-17-13(10-21-15)9-16-8-12-4-6-14(20)7-5-12/h4-7,10,16,20H,3,8-9H2,1-2H3. The van der Waals surface area contributed by atoms with E-state index in [1.54, 1.807) is 24.0 Å². The summed E-state index contributed by atoms with van der Waals surface area (Å²) in [6.45, 7) is 5.46. The molecular formula is C15H19N3O2S. The van der Waals surface area contributed by atoms with E-state index in [1.165, 1.54) is 11.3 Å². The van der Waals surface area contributed by atoms with Gasteiger partial charge in [0, 0.05) is 31.9 Å². The number of amides is 1. The van der Waals surface area contributed by atoms with Gasteiger partial charge in [-0.15, -0.1) is 11.3 Å². The molecule has 0 saturated carbocycles. The Balaban J connectivity index is 1.88. The van der Waals surface area contributed by atoms with E-state index in [2.05, 4.69) is 10.3 Å². The quantitative estimate of drug-likeness (QED) is 0.860. The SMILES string of the molecule is CCN(C(C)=O)c1nc(CNCc2ccc(O)cc2)cs1. The van der Waals surface area contributed by atoms with Crippen LogP contribution in [0.25, 0.3) is 0 Å². The van der Waals surface area contributed by atoms with Crippen molar-refractivity contribution in [3.8, 4) is 5.75 Å². The maximum absolute atomic E-state index is 11.5.